The van der Waals surface area contributed by atoms with Crippen LogP contribution < -0.4 is 9.80 Å². The highest BCUT2D eigenvalue weighted by Crippen LogP contribution is 2.37. The van der Waals surface area contributed by atoms with Crippen LogP contribution in [0.4, 0.5) is 11.4 Å². The van der Waals surface area contributed by atoms with Gasteiger partial charge in [-0.15, -0.1) is 11.6 Å². The fourth-order valence-electron chi connectivity index (χ4n) is 2.20. The van der Waals surface area contributed by atoms with Gasteiger partial charge in [-0.1, -0.05) is 18.7 Å². The Morgan fingerprint density at radius 3 is 2.65 bits per heavy atom. The van der Waals surface area contributed by atoms with Crippen molar-refractivity contribution in [1.29, 1.82) is 0 Å². The summed E-state index contributed by atoms with van der Waals surface area (Å²) >= 11 is 5.72. The number of allylic oxidation sites excluding steroid dienone is 1. The highest BCUT2D eigenvalue weighted by atomic mass is 35.5. The van der Waals surface area contributed by atoms with Crippen LogP contribution in [0, 0.1) is 0 Å². The number of hydrogen-bond donors (Lipinski definition) is 0. The summed E-state index contributed by atoms with van der Waals surface area (Å²) in [7, 11) is 0. The van der Waals surface area contributed by atoms with Crippen molar-refractivity contribution in [2.45, 2.75) is 19.8 Å². The van der Waals surface area contributed by atoms with Crippen LogP contribution in [0.2, 0.25) is 0 Å². The van der Waals surface area contributed by atoms with Crippen LogP contribution >= 0.6 is 11.6 Å². The predicted octanol–water partition coefficient (Wildman–Crippen LogP) is 3.82. The first-order chi connectivity index (χ1) is 8.24. The lowest BCUT2D eigenvalue weighted by molar-refractivity contribution is 0.732. The van der Waals surface area contributed by atoms with E-state index in [4.69, 9.17) is 11.6 Å². The molecule has 1 aromatic rings. The topological polar surface area (TPSA) is 6.48 Å². The Hall–Kier alpha value is -1.15. The third-order valence-corrected chi connectivity index (χ3v) is 3.37. The minimum Gasteiger partial charge on any atom is -0.352 e. The van der Waals surface area contributed by atoms with Crippen LogP contribution in [-0.2, 0) is 0 Å². The predicted molar refractivity (Wildman–Crippen MR) is 75.9 cm³/mol. The molecule has 0 amide bonds. The molecule has 92 valence electrons. The van der Waals surface area contributed by atoms with Crippen molar-refractivity contribution in [2.75, 3.05) is 28.9 Å². The molecule has 0 atom stereocenters. The van der Waals surface area contributed by atoms with Crippen LogP contribution in [0.15, 0.2) is 36.5 Å². The third-order valence-electron chi connectivity index (χ3n) is 3.10. The van der Waals surface area contributed by atoms with E-state index in [9.17, 15) is 0 Å². The van der Waals surface area contributed by atoms with Crippen molar-refractivity contribution in [3.8, 4) is 0 Å². The first-order valence-corrected chi connectivity index (χ1v) is 6.60. The first kappa shape index (κ1) is 12.3. The molecule has 0 saturated carbocycles. The number of rotatable bonds is 5. The molecule has 3 heteroatoms. The van der Waals surface area contributed by atoms with Gasteiger partial charge in [-0.3, -0.25) is 0 Å². The molecule has 2 nitrogen and oxygen atoms in total. The van der Waals surface area contributed by atoms with E-state index in [-0.39, 0.29) is 0 Å². The highest BCUT2D eigenvalue weighted by Gasteiger charge is 2.24. The normalized spacial score (nSPS) is 14.0. The Morgan fingerprint density at radius 1 is 1.29 bits per heavy atom. The van der Waals surface area contributed by atoms with E-state index in [2.05, 4.69) is 47.6 Å². The van der Waals surface area contributed by atoms with Crippen LogP contribution in [-0.4, -0.2) is 19.1 Å². The Bertz CT molecular complexity index is 403. The summed E-state index contributed by atoms with van der Waals surface area (Å²) in [5.74, 6) is 0.750. The number of hydrogen-bond acceptors (Lipinski definition) is 2. The van der Waals surface area contributed by atoms with Crippen LogP contribution in [0.1, 0.15) is 19.8 Å². The lowest BCUT2D eigenvalue weighted by atomic mass is 10.2. The molecule has 0 spiro atoms. The number of anilines is 2. The minimum atomic E-state index is 0.750. The molecule has 0 bridgehead atoms. The standard InChI is InChI=1S/C14H19ClN2/c1-12(2)17-11-16(10-6-5-9-15)13-7-3-4-8-14(13)17/h3-4,7-8H,1,5-6,9-11H2,2H3. The zero-order chi connectivity index (χ0) is 12.3. The maximum absolute atomic E-state index is 5.72. The largest absolute Gasteiger partial charge is 0.352 e. The van der Waals surface area contributed by atoms with Crippen molar-refractivity contribution in [2.24, 2.45) is 0 Å². The summed E-state index contributed by atoms with van der Waals surface area (Å²) in [5, 5.41) is 0. The molecule has 0 saturated heterocycles. The lowest BCUT2D eigenvalue weighted by Crippen LogP contribution is -2.30. The van der Waals surface area contributed by atoms with Crippen molar-refractivity contribution < 1.29 is 0 Å². The fourth-order valence-corrected chi connectivity index (χ4v) is 2.39. The van der Waals surface area contributed by atoms with Gasteiger partial charge in [0.05, 0.1) is 18.0 Å². The Morgan fingerprint density at radius 2 is 2.00 bits per heavy atom. The average molecular weight is 251 g/mol. The number of para-hydroxylation sites is 2. The van der Waals surface area contributed by atoms with E-state index < -0.39 is 0 Å². The number of halogens is 1. The molecule has 0 aromatic heterocycles. The van der Waals surface area contributed by atoms with Gasteiger partial charge in [0.2, 0.25) is 0 Å². The first-order valence-electron chi connectivity index (χ1n) is 6.07. The quantitative estimate of drug-likeness (QED) is 0.579. The molecule has 0 N–H and O–H groups in total. The molecule has 1 aromatic carbocycles. The van der Waals surface area contributed by atoms with Gasteiger partial charge in [0.1, 0.15) is 0 Å². The zero-order valence-electron chi connectivity index (χ0n) is 10.3. The molecule has 1 heterocycles. The zero-order valence-corrected chi connectivity index (χ0v) is 11.1. The van der Waals surface area contributed by atoms with Crippen molar-refractivity contribution in [3.63, 3.8) is 0 Å². The minimum absolute atomic E-state index is 0.750. The summed E-state index contributed by atoms with van der Waals surface area (Å²) < 4.78 is 0. The number of alkyl halides is 1. The van der Waals surface area contributed by atoms with Gasteiger partial charge < -0.3 is 9.80 Å². The highest BCUT2D eigenvalue weighted by molar-refractivity contribution is 6.17. The molecule has 17 heavy (non-hydrogen) atoms. The molecule has 1 aliphatic rings. The maximum atomic E-state index is 5.72. The van der Waals surface area contributed by atoms with E-state index in [1.165, 1.54) is 11.4 Å². The average Bonchev–Trinajstić information content (AvgIpc) is 2.69. The smallest absolute Gasteiger partial charge is 0.0949 e. The Balaban J connectivity index is 2.14. The van der Waals surface area contributed by atoms with Crippen LogP contribution in [0.5, 0.6) is 0 Å². The van der Waals surface area contributed by atoms with E-state index in [1.54, 1.807) is 0 Å². The molecule has 0 fully saturated rings. The molecule has 0 aliphatic carbocycles. The number of nitrogens with zero attached hydrogens (tertiary/aromatic N) is 2. The number of benzene rings is 1. The molecule has 2 rings (SSSR count). The second-order valence-corrected chi connectivity index (χ2v) is 4.83. The van der Waals surface area contributed by atoms with Gasteiger partial charge in [0, 0.05) is 18.1 Å². The molecular formula is C14H19ClN2. The molecular weight excluding hydrogens is 232 g/mol. The van der Waals surface area contributed by atoms with E-state index in [1.807, 2.05) is 0 Å². The fraction of sp³-hybridized carbons (Fsp3) is 0.429. The van der Waals surface area contributed by atoms with E-state index in [0.29, 0.717) is 0 Å². The van der Waals surface area contributed by atoms with Crippen LogP contribution in [0.3, 0.4) is 0 Å². The third kappa shape index (κ3) is 2.58. The van der Waals surface area contributed by atoms with E-state index in [0.717, 1.165) is 37.6 Å². The number of fused-ring (bicyclic) bond motifs is 1. The van der Waals surface area contributed by atoms with Gasteiger partial charge in [-0.2, -0.15) is 0 Å². The van der Waals surface area contributed by atoms with Gasteiger partial charge in [-0.05, 0) is 31.9 Å². The number of unbranched alkanes of at least 4 members (excludes halogenated alkanes) is 1. The second-order valence-electron chi connectivity index (χ2n) is 4.45. The monoisotopic (exact) mass is 250 g/mol. The summed E-state index contributed by atoms with van der Waals surface area (Å²) in [5.41, 5.74) is 3.67. The molecule has 1 aliphatic heterocycles. The lowest BCUT2D eigenvalue weighted by Gasteiger charge is -2.21. The van der Waals surface area contributed by atoms with Gasteiger partial charge in [0.25, 0.3) is 0 Å². The van der Waals surface area contributed by atoms with Crippen molar-refractivity contribution >= 4 is 23.0 Å². The summed E-state index contributed by atoms with van der Waals surface area (Å²) in [6, 6.07) is 8.51. The van der Waals surface area contributed by atoms with E-state index >= 15 is 0 Å². The summed E-state index contributed by atoms with van der Waals surface area (Å²) in [6.07, 6.45) is 2.22. The Labute approximate surface area is 108 Å². The SMILES string of the molecule is C=C(C)N1CN(CCCCCl)c2ccccc21. The van der Waals surface area contributed by atoms with Gasteiger partial charge >= 0.3 is 0 Å². The van der Waals surface area contributed by atoms with Gasteiger partial charge in [0.15, 0.2) is 0 Å². The van der Waals surface area contributed by atoms with Crippen molar-refractivity contribution in [3.05, 3.63) is 36.5 Å². The van der Waals surface area contributed by atoms with Gasteiger partial charge in [-0.25, -0.2) is 0 Å². The maximum Gasteiger partial charge on any atom is 0.0949 e. The van der Waals surface area contributed by atoms with Crippen molar-refractivity contribution in [1.82, 2.24) is 0 Å². The molecule has 0 unspecified atom stereocenters. The Kier molecular flexibility index (Phi) is 3.95. The summed E-state index contributed by atoms with van der Waals surface area (Å²) in [4.78, 5) is 4.66. The summed E-state index contributed by atoms with van der Waals surface area (Å²) in [6.45, 7) is 8.08. The second kappa shape index (κ2) is 5.46. The molecule has 0 radical (unpaired) electrons. The van der Waals surface area contributed by atoms with Crippen LogP contribution in [0.25, 0.3) is 0 Å².